The molecule has 22 heavy (non-hydrogen) atoms. The Morgan fingerprint density at radius 3 is 2.00 bits per heavy atom. The Bertz CT molecular complexity index is 853. The average molecular weight is 295 g/mol. The molecule has 0 heterocycles. The molecule has 4 N–H and O–H groups in total. The first-order valence-corrected chi connectivity index (χ1v) is 6.60. The van der Waals surface area contributed by atoms with Gasteiger partial charge in [0.05, 0.1) is 5.56 Å². The quantitative estimate of drug-likeness (QED) is 0.546. The summed E-state index contributed by atoms with van der Waals surface area (Å²) in [5, 5.41) is 33.4. The highest BCUT2D eigenvalue weighted by Crippen LogP contribution is 2.33. The van der Waals surface area contributed by atoms with E-state index in [1.165, 1.54) is 24.3 Å². The normalized spacial score (nSPS) is 10.5. The van der Waals surface area contributed by atoms with E-state index in [1.54, 1.807) is 6.07 Å². The van der Waals surface area contributed by atoms with E-state index < -0.39 is 5.91 Å². The first-order valence-electron chi connectivity index (χ1n) is 6.60. The Morgan fingerprint density at radius 1 is 0.773 bits per heavy atom. The minimum Gasteiger partial charge on any atom is -0.507 e. The third kappa shape index (κ3) is 2.40. The molecule has 1 amide bonds. The second kappa shape index (κ2) is 5.29. The predicted octanol–water partition coefficient (Wildman–Crippen LogP) is 3.21. The highest BCUT2D eigenvalue weighted by molar-refractivity contribution is 6.09. The first kappa shape index (κ1) is 13.8. The first-order chi connectivity index (χ1) is 10.6. The van der Waals surface area contributed by atoms with Crippen LogP contribution >= 0.6 is 0 Å². The maximum Gasteiger partial charge on any atom is 0.259 e. The minimum atomic E-state index is -0.625. The van der Waals surface area contributed by atoms with Crippen LogP contribution in [0.15, 0.2) is 54.6 Å². The van der Waals surface area contributed by atoms with Gasteiger partial charge < -0.3 is 20.6 Å². The highest BCUT2D eigenvalue weighted by Gasteiger charge is 2.16. The Balaban J connectivity index is 2.00. The topological polar surface area (TPSA) is 89.8 Å². The number of para-hydroxylation sites is 1. The zero-order valence-electron chi connectivity index (χ0n) is 11.4. The van der Waals surface area contributed by atoms with Crippen LogP contribution in [0.5, 0.6) is 17.2 Å². The van der Waals surface area contributed by atoms with E-state index in [0.29, 0.717) is 0 Å². The number of phenols is 3. The second-order valence-electron chi connectivity index (χ2n) is 4.84. The van der Waals surface area contributed by atoms with Crippen LogP contribution in [-0.2, 0) is 0 Å². The van der Waals surface area contributed by atoms with Crippen molar-refractivity contribution in [2.24, 2.45) is 0 Å². The number of hydrogen-bond donors (Lipinski definition) is 4. The van der Waals surface area contributed by atoms with Crippen molar-refractivity contribution in [3.05, 3.63) is 60.2 Å². The van der Waals surface area contributed by atoms with Gasteiger partial charge in [0.1, 0.15) is 22.9 Å². The van der Waals surface area contributed by atoms with E-state index in [9.17, 15) is 20.1 Å². The van der Waals surface area contributed by atoms with E-state index in [4.69, 9.17) is 0 Å². The Hall–Kier alpha value is -3.21. The van der Waals surface area contributed by atoms with Crippen molar-refractivity contribution in [2.75, 3.05) is 5.32 Å². The van der Waals surface area contributed by atoms with Crippen molar-refractivity contribution in [1.29, 1.82) is 0 Å². The summed E-state index contributed by atoms with van der Waals surface area (Å²) >= 11 is 0. The lowest BCUT2D eigenvalue weighted by molar-refractivity contribution is 0.102. The van der Waals surface area contributed by atoms with Crippen LogP contribution in [0.25, 0.3) is 10.8 Å². The van der Waals surface area contributed by atoms with Crippen LogP contribution in [0, 0.1) is 0 Å². The Labute approximate surface area is 126 Å². The van der Waals surface area contributed by atoms with Gasteiger partial charge in [-0.15, -0.1) is 0 Å². The van der Waals surface area contributed by atoms with Crippen LogP contribution < -0.4 is 5.32 Å². The Morgan fingerprint density at radius 2 is 1.36 bits per heavy atom. The van der Waals surface area contributed by atoms with Gasteiger partial charge in [0.2, 0.25) is 0 Å². The molecule has 0 aromatic heterocycles. The molecule has 3 aromatic rings. The van der Waals surface area contributed by atoms with Gasteiger partial charge in [0, 0.05) is 0 Å². The van der Waals surface area contributed by atoms with Gasteiger partial charge in [-0.05, 0) is 35.0 Å². The molecule has 0 aliphatic carbocycles. The number of rotatable bonds is 2. The van der Waals surface area contributed by atoms with Crippen molar-refractivity contribution in [1.82, 2.24) is 0 Å². The molecule has 0 saturated heterocycles. The van der Waals surface area contributed by atoms with E-state index in [1.807, 2.05) is 24.3 Å². The lowest BCUT2D eigenvalue weighted by Crippen LogP contribution is -2.12. The van der Waals surface area contributed by atoms with E-state index in [0.717, 1.165) is 10.8 Å². The number of amides is 1. The highest BCUT2D eigenvalue weighted by atomic mass is 16.3. The number of aromatic hydroxyl groups is 3. The van der Waals surface area contributed by atoms with Crippen LogP contribution in [-0.4, -0.2) is 21.2 Å². The molecule has 0 saturated carbocycles. The zero-order chi connectivity index (χ0) is 15.7. The Kier molecular flexibility index (Phi) is 3.31. The number of benzene rings is 3. The fourth-order valence-electron chi connectivity index (χ4n) is 2.25. The molecule has 3 rings (SSSR count). The number of hydrogen-bond acceptors (Lipinski definition) is 4. The zero-order valence-corrected chi connectivity index (χ0v) is 11.4. The molecule has 0 aliphatic rings. The summed E-state index contributed by atoms with van der Waals surface area (Å²) in [4.78, 5) is 12.3. The molecule has 0 fully saturated rings. The molecular weight excluding hydrogens is 282 g/mol. The number of anilines is 1. The lowest BCUT2D eigenvalue weighted by atomic mass is 10.1. The molecular formula is C17H13NO4. The van der Waals surface area contributed by atoms with Gasteiger partial charge in [0.15, 0.2) is 0 Å². The number of nitrogens with one attached hydrogen (secondary N) is 1. The van der Waals surface area contributed by atoms with Gasteiger partial charge in [-0.2, -0.15) is 0 Å². The molecule has 0 spiro atoms. The van der Waals surface area contributed by atoms with Gasteiger partial charge in [0.25, 0.3) is 5.91 Å². The van der Waals surface area contributed by atoms with Crippen LogP contribution in [0.1, 0.15) is 10.4 Å². The fraction of sp³-hybridized carbons (Fsp3) is 0. The average Bonchev–Trinajstić information content (AvgIpc) is 2.50. The summed E-state index contributed by atoms with van der Waals surface area (Å²) in [6.07, 6.45) is 0. The minimum absolute atomic E-state index is 0.0568. The van der Waals surface area contributed by atoms with Crippen molar-refractivity contribution < 1.29 is 20.1 Å². The lowest BCUT2D eigenvalue weighted by Gasteiger charge is -2.11. The maximum atomic E-state index is 12.3. The number of carbonyl (C=O) groups excluding carboxylic acids is 1. The van der Waals surface area contributed by atoms with Gasteiger partial charge >= 0.3 is 0 Å². The fourth-order valence-corrected chi connectivity index (χ4v) is 2.25. The van der Waals surface area contributed by atoms with Gasteiger partial charge in [-0.3, -0.25) is 4.79 Å². The van der Waals surface area contributed by atoms with Gasteiger partial charge in [-0.25, -0.2) is 0 Å². The summed E-state index contributed by atoms with van der Waals surface area (Å²) in [7, 11) is 0. The largest absolute Gasteiger partial charge is 0.507 e. The van der Waals surface area contributed by atoms with Crippen LogP contribution in [0.4, 0.5) is 5.69 Å². The van der Waals surface area contributed by atoms with Crippen molar-refractivity contribution in [3.63, 3.8) is 0 Å². The summed E-state index contributed by atoms with van der Waals surface area (Å²) < 4.78 is 0. The molecule has 0 aliphatic heterocycles. The van der Waals surface area contributed by atoms with E-state index >= 15 is 0 Å². The van der Waals surface area contributed by atoms with Crippen LogP contribution in [0.3, 0.4) is 0 Å². The van der Waals surface area contributed by atoms with E-state index in [-0.39, 0.29) is 28.5 Å². The molecule has 0 atom stereocenters. The second-order valence-corrected chi connectivity index (χ2v) is 4.84. The molecule has 5 heteroatoms. The van der Waals surface area contributed by atoms with Crippen LogP contribution in [0.2, 0.25) is 0 Å². The van der Waals surface area contributed by atoms with Gasteiger partial charge in [-0.1, -0.05) is 30.3 Å². The summed E-state index contributed by atoms with van der Waals surface area (Å²) in [6, 6.07) is 14.5. The monoisotopic (exact) mass is 295 g/mol. The van der Waals surface area contributed by atoms with Crippen molar-refractivity contribution >= 4 is 22.4 Å². The molecule has 0 radical (unpaired) electrons. The summed E-state index contributed by atoms with van der Waals surface area (Å²) in [6.45, 7) is 0. The maximum absolute atomic E-state index is 12.3. The van der Waals surface area contributed by atoms with Crippen molar-refractivity contribution in [3.8, 4) is 17.2 Å². The molecule has 0 unspecified atom stereocenters. The summed E-state index contributed by atoms with van der Waals surface area (Å²) in [5.41, 5.74) is -0.0404. The SMILES string of the molecule is O=C(Nc1c(O)cccc1O)c1cc2ccccc2cc1O. The number of fused-ring (bicyclic) bond motifs is 1. The molecule has 5 nitrogen and oxygen atoms in total. The number of carbonyl (C=O) groups is 1. The third-order valence-electron chi connectivity index (χ3n) is 3.37. The molecule has 3 aromatic carbocycles. The molecule has 0 bridgehead atoms. The summed E-state index contributed by atoms with van der Waals surface area (Å²) in [5.74, 6) is -1.31. The third-order valence-corrected chi connectivity index (χ3v) is 3.37. The van der Waals surface area contributed by atoms with Crippen molar-refractivity contribution in [2.45, 2.75) is 0 Å². The standard InChI is InChI=1S/C17H13NO4/c19-13-6-3-7-14(20)16(13)18-17(22)12-8-10-4-1-2-5-11(10)9-15(12)21/h1-9,19-21H,(H,18,22). The molecule has 110 valence electrons. The predicted molar refractivity (Wildman–Crippen MR) is 83.3 cm³/mol. The smallest absolute Gasteiger partial charge is 0.259 e. The van der Waals surface area contributed by atoms with E-state index in [2.05, 4.69) is 5.32 Å². The number of phenolic OH excluding ortho intramolecular Hbond substituents is 3.